The topological polar surface area (TPSA) is 46.2 Å². The third kappa shape index (κ3) is 18.0. The summed E-state index contributed by atoms with van der Waals surface area (Å²) < 4.78 is 30.1. The maximum absolute atomic E-state index is 6.11. The average molecular weight is 447 g/mol. The maximum Gasteiger partial charge on any atom is 0.104 e. The van der Waals surface area contributed by atoms with Gasteiger partial charge in [-0.05, 0) is 23.7 Å². The van der Waals surface area contributed by atoms with Crippen molar-refractivity contribution in [2.75, 3.05) is 52.9 Å². The smallest absolute Gasteiger partial charge is 0.104 e. The molecule has 0 radical (unpaired) electrons. The fraction of sp³-hybridized carbons (Fsp3) is 1.00. The molecule has 5 nitrogen and oxygen atoms in total. The van der Waals surface area contributed by atoms with Gasteiger partial charge in [-0.2, -0.15) is 0 Å². The standard InChI is InChI=1S/C26H54O5/c1-9-21(5)13-27-17-25(30-15-23(7)11-3)19-29-20-26(31-16-24(8)12-4)18-28-14-22(6)10-2/h21-26H,9-20H2,1-8H3. The third-order valence-electron chi connectivity index (χ3n) is 6.04. The minimum Gasteiger partial charge on any atom is -0.378 e. The van der Waals surface area contributed by atoms with Gasteiger partial charge in [0.05, 0.1) is 26.4 Å². The van der Waals surface area contributed by atoms with Gasteiger partial charge in [0.2, 0.25) is 0 Å². The van der Waals surface area contributed by atoms with Crippen LogP contribution in [0.2, 0.25) is 0 Å². The second-order valence-electron chi connectivity index (χ2n) is 9.58. The molecule has 0 aliphatic rings. The maximum atomic E-state index is 6.11. The van der Waals surface area contributed by atoms with Crippen LogP contribution in [0.4, 0.5) is 0 Å². The van der Waals surface area contributed by atoms with Gasteiger partial charge in [-0.1, -0.05) is 81.1 Å². The van der Waals surface area contributed by atoms with Gasteiger partial charge in [0.1, 0.15) is 12.2 Å². The van der Waals surface area contributed by atoms with Crippen LogP contribution in [0.3, 0.4) is 0 Å². The Hall–Kier alpha value is -0.200. The van der Waals surface area contributed by atoms with E-state index in [0.717, 1.165) is 52.1 Å². The van der Waals surface area contributed by atoms with Crippen LogP contribution in [0, 0.1) is 23.7 Å². The van der Waals surface area contributed by atoms with Crippen molar-refractivity contribution >= 4 is 0 Å². The first-order chi connectivity index (χ1) is 14.9. The Morgan fingerprint density at radius 1 is 0.387 bits per heavy atom. The summed E-state index contributed by atoms with van der Waals surface area (Å²) in [5, 5.41) is 0. The van der Waals surface area contributed by atoms with Crippen molar-refractivity contribution in [1.29, 1.82) is 0 Å². The van der Waals surface area contributed by atoms with Crippen molar-refractivity contribution in [2.45, 2.75) is 93.3 Å². The largest absolute Gasteiger partial charge is 0.378 e. The molecule has 0 aromatic heterocycles. The predicted octanol–water partition coefficient (Wildman–Crippen LogP) is 5.99. The SMILES string of the molecule is CCC(C)COCC(COCC(COCC(C)CC)OCC(C)CC)OCC(C)CC. The van der Waals surface area contributed by atoms with Gasteiger partial charge in [-0.15, -0.1) is 0 Å². The van der Waals surface area contributed by atoms with Crippen molar-refractivity contribution in [3.63, 3.8) is 0 Å². The summed E-state index contributed by atoms with van der Waals surface area (Å²) in [7, 11) is 0. The Balaban J connectivity index is 4.56. The van der Waals surface area contributed by atoms with E-state index in [2.05, 4.69) is 55.4 Å². The van der Waals surface area contributed by atoms with Crippen molar-refractivity contribution in [1.82, 2.24) is 0 Å². The monoisotopic (exact) mass is 446 g/mol. The molecular formula is C26H54O5. The van der Waals surface area contributed by atoms with Gasteiger partial charge in [-0.25, -0.2) is 0 Å². The Labute approximate surface area is 193 Å². The summed E-state index contributed by atoms with van der Waals surface area (Å²) in [5.74, 6) is 2.21. The van der Waals surface area contributed by atoms with Crippen LogP contribution in [0.1, 0.15) is 81.1 Å². The molecule has 0 amide bonds. The van der Waals surface area contributed by atoms with Crippen LogP contribution in [0.15, 0.2) is 0 Å². The van der Waals surface area contributed by atoms with E-state index < -0.39 is 0 Å². The lowest BCUT2D eigenvalue weighted by Gasteiger charge is -2.24. The van der Waals surface area contributed by atoms with Crippen molar-refractivity contribution < 1.29 is 23.7 Å². The molecule has 0 saturated carbocycles. The molecule has 0 aromatic rings. The number of ether oxygens (including phenoxy) is 5. The molecular weight excluding hydrogens is 392 g/mol. The van der Waals surface area contributed by atoms with Gasteiger partial charge in [0, 0.05) is 26.4 Å². The first-order valence-electron chi connectivity index (χ1n) is 12.8. The minimum atomic E-state index is -0.0469. The molecule has 0 bridgehead atoms. The first kappa shape index (κ1) is 30.8. The summed E-state index contributed by atoms with van der Waals surface area (Å²) in [5.41, 5.74) is 0. The Bertz CT molecular complexity index is 345. The van der Waals surface area contributed by atoms with E-state index in [9.17, 15) is 0 Å². The lowest BCUT2D eigenvalue weighted by molar-refractivity contribution is -0.105. The minimum absolute atomic E-state index is 0.0469. The van der Waals surface area contributed by atoms with E-state index in [0.29, 0.717) is 50.1 Å². The highest BCUT2D eigenvalue weighted by Crippen LogP contribution is 2.09. The molecule has 0 spiro atoms. The van der Waals surface area contributed by atoms with E-state index in [-0.39, 0.29) is 12.2 Å². The van der Waals surface area contributed by atoms with Gasteiger partial charge in [-0.3, -0.25) is 0 Å². The van der Waals surface area contributed by atoms with Crippen LogP contribution in [-0.4, -0.2) is 65.1 Å². The second-order valence-corrected chi connectivity index (χ2v) is 9.58. The quantitative estimate of drug-likeness (QED) is 0.204. The fourth-order valence-electron chi connectivity index (χ4n) is 2.49. The number of rotatable bonds is 22. The van der Waals surface area contributed by atoms with Gasteiger partial charge >= 0.3 is 0 Å². The van der Waals surface area contributed by atoms with Gasteiger partial charge in [0.25, 0.3) is 0 Å². The summed E-state index contributed by atoms with van der Waals surface area (Å²) >= 11 is 0. The third-order valence-corrected chi connectivity index (χ3v) is 6.04. The van der Waals surface area contributed by atoms with Crippen LogP contribution >= 0.6 is 0 Å². The van der Waals surface area contributed by atoms with E-state index in [1.807, 2.05) is 0 Å². The van der Waals surface area contributed by atoms with Crippen molar-refractivity contribution in [3.05, 3.63) is 0 Å². The number of hydrogen-bond acceptors (Lipinski definition) is 5. The van der Waals surface area contributed by atoms with E-state index in [1.54, 1.807) is 0 Å². The highest BCUT2D eigenvalue weighted by atomic mass is 16.6. The molecule has 0 heterocycles. The second kappa shape index (κ2) is 20.4. The van der Waals surface area contributed by atoms with Gasteiger partial charge in [0.15, 0.2) is 0 Å². The molecule has 31 heavy (non-hydrogen) atoms. The molecule has 0 aromatic carbocycles. The normalized spacial score (nSPS) is 17.8. The predicted molar refractivity (Wildman–Crippen MR) is 130 cm³/mol. The zero-order valence-electron chi connectivity index (χ0n) is 22.0. The summed E-state index contributed by atoms with van der Waals surface area (Å²) in [6, 6.07) is 0. The average Bonchev–Trinajstić information content (AvgIpc) is 2.78. The Kier molecular flexibility index (Phi) is 20.3. The molecule has 6 unspecified atom stereocenters. The van der Waals surface area contributed by atoms with Crippen LogP contribution in [-0.2, 0) is 23.7 Å². The molecule has 0 aliphatic carbocycles. The zero-order chi connectivity index (χ0) is 23.5. The molecule has 5 heteroatoms. The van der Waals surface area contributed by atoms with Crippen LogP contribution in [0.5, 0.6) is 0 Å². The van der Waals surface area contributed by atoms with Gasteiger partial charge < -0.3 is 23.7 Å². The zero-order valence-corrected chi connectivity index (χ0v) is 22.0. The summed E-state index contributed by atoms with van der Waals surface area (Å²) in [6.07, 6.45) is 4.38. The molecule has 0 rings (SSSR count). The van der Waals surface area contributed by atoms with Crippen LogP contribution in [0.25, 0.3) is 0 Å². The Morgan fingerprint density at radius 2 is 0.645 bits per heavy atom. The van der Waals surface area contributed by atoms with E-state index in [1.165, 1.54) is 0 Å². The lowest BCUT2D eigenvalue weighted by atomic mass is 10.1. The highest BCUT2D eigenvalue weighted by Gasteiger charge is 2.17. The summed E-state index contributed by atoms with van der Waals surface area (Å²) in [6.45, 7) is 22.8. The lowest BCUT2D eigenvalue weighted by Crippen LogP contribution is -2.33. The van der Waals surface area contributed by atoms with Crippen molar-refractivity contribution in [3.8, 4) is 0 Å². The van der Waals surface area contributed by atoms with E-state index >= 15 is 0 Å². The van der Waals surface area contributed by atoms with Crippen LogP contribution < -0.4 is 0 Å². The molecule has 188 valence electrons. The molecule has 6 atom stereocenters. The van der Waals surface area contributed by atoms with Crippen molar-refractivity contribution in [2.24, 2.45) is 23.7 Å². The van der Waals surface area contributed by atoms with E-state index in [4.69, 9.17) is 23.7 Å². The molecule has 0 fully saturated rings. The molecule has 0 aliphatic heterocycles. The molecule has 0 N–H and O–H groups in total. The summed E-state index contributed by atoms with van der Waals surface area (Å²) in [4.78, 5) is 0. The highest BCUT2D eigenvalue weighted by molar-refractivity contribution is 4.63. The fourth-order valence-corrected chi connectivity index (χ4v) is 2.49. The molecule has 0 saturated heterocycles. The first-order valence-corrected chi connectivity index (χ1v) is 12.8. The Morgan fingerprint density at radius 3 is 0.935 bits per heavy atom. The number of hydrogen-bond donors (Lipinski definition) is 0.